The fourth-order valence-corrected chi connectivity index (χ4v) is 3.19. The number of methoxy groups -OCH3 is 3. The van der Waals surface area contributed by atoms with Crippen LogP contribution in [-0.2, 0) is 9.53 Å². The summed E-state index contributed by atoms with van der Waals surface area (Å²) in [4.78, 5) is 11.8. The van der Waals surface area contributed by atoms with Crippen LogP contribution in [0.3, 0.4) is 0 Å². The number of carbonyl (C=O) groups excluding carboxylic acids is 1. The first-order valence-electron chi connectivity index (χ1n) is 6.65. The summed E-state index contributed by atoms with van der Waals surface area (Å²) in [5.74, 6) is 1.30. The van der Waals surface area contributed by atoms with Gasteiger partial charge >= 0.3 is 5.97 Å². The maximum atomic E-state index is 11.8. The lowest BCUT2D eigenvalue weighted by atomic mass is 9.90. The van der Waals surface area contributed by atoms with E-state index in [-0.39, 0.29) is 23.9 Å². The van der Waals surface area contributed by atoms with Gasteiger partial charge in [0.15, 0.2) is 11.5 Å². The Hall–Kier alpha value is -1.43. The molecule has 6 heteroatoms. The van der Waals surface area contributed by atoms with Gasteiger partial charge in [-0.3, -0.25) is 4.79 Å². The monoisotopic (exact) mass is 358 g/mol. The minimum absolute atomic E-state index is 0.0663. The largest absolute Gasteiger partial charge is 0.493 e. The molecule has 116 valence electrons. The Labute approximate surface area is 132 Å². The van der Waals surface area contributed by atoms with Gasteiger partial charge in [0.2, 0.25) is 5.75 Å². The average molecular weight is 359 g/mol. The number of cyclic esters (lactones) is 1. The first kappa shape index (κ1) is 15.9. The number of rotatable bonds is 4. The minimum Gasteiger partial charge on any atom is -0.493 e. The van der Waals surface area contributed by atoms with Gasteiger partial charge in [0.05, 0.1) is 31.7 Å². The van der Waals surface area contributed by atoms with E-state index >= 15 is 0 Å². The summed E-state index contributed by atoms with van der Waals surface area (Å²) >= 11 is 3.52. The first-order valence-corrected chi connectivity index (χ1v) is 7.44. The molecular formula is C15H19BrO5. The van der Waals surface area contributed by atoms with E-state index < -0.39 is 0 Å². The lowest BCUT2D eigenvalue weighted by Crippen LogP contribution is -2.11. The van der Waals surface area contributed by atoms with Crippen molar-refractivity contribution >= 4 is 21.9 Å². The average Bonchev–Trinajstić information content (AvgIpc) is 2.74. The number of ether oxygens (including phenoxy) is 4. The fourth-order valence-electron chi connectivity index (χ4n) is 2.51. The summed E-state index contributed by atoms with van der Waals surface area (Å²) in [6.45, 7) is 3.87. The topological polar surface area (TPSA) is 54.0 Å². The third-order valence-electron chi connectivity index (χ3n) is 3.99. The van der Waals surface area contributed by atoms with Gasteiger partial charge in [0, 0.05) is 11.5 Å². The summed E-state index contributed by atoms with van der Waals surface area (Å²) in [7, 11) is 4.66. The summed E-state index contributed by atoms with van der Waals surface area (Å²) in [5.41, 5.74) is 0.815. The van der Waals surface area contributed by atoms with Crippen LogP contribution < -0.4 is 14.2 Å². The van der Waals surface area contributed by atoms with Crippen LogP contribution in [0.2, 0.25) is 0 Å². The summed E-state index contributed by atoms with van der Waals surface area (Å²) in [6, 6.07) is 1.82. The summed E-state index contributed by atoms with van der Waals surface area (Å²) < 4.78 is 22.3. The molecule has 0 saturated carbocycles. The van der Waals surface area contributed by atoms with Crippen molar-refractivity contribution < 1.29 is 23.7 Å². The number of benzene rings is 1. The zero-order valence-electron chi connectivity index (χ0n) is 12.7. The molecule has 0 amide bonds. The SMILES string of the molecule is COc1cc([C@H]2OC(=O)[C@@H](C)[C@@H]2C)c(Br)c(OC)c1OC. The third kappa shape index (κ3) is 2.57. The molecule has 0 N–H and O–H groups in total. The second-order valence-electron chi connectivity index (χ2n) is 5.05. The Morgan fingerprint density at radius 3 is 2.14 bits per heavy atom. The van der Waals surface area contributed by atoms with E-state index in [9.17, 15) is 4.79 Å². The van der Waals surface area contributed by atoms with E-state index in [0.717, 1.165) is 5.56 Å². The molecule has 3 atom stereocenters. The number of halogens is 1. The third-order valence-corrected chi connectivity index (χ3v) is 4.80. The smallest absolute Gasteiger partial charge is 0.309 e. The van der Waals surface area contributed by atoms with Crippen LogP contribution in [0.15, 0.2) is 10.5 Å². The van der Waals surface area contributed by atoms with E-state index in [1.165, 1.54) is 0 Å². The normalized spacial score (nSPS) is 24.7. The van der Waals surface area contributed by atoms with E-state index in [1.807, 2.05) is 19.9 Å². The highest BCUT2D eigenvalue weighted by Gasteiger charge is 2.41. The van der Waals surface area contributed by atoms with Crippen LogP contribution in [0, 0.1) is 11.8 Å². The van der Waals surface area contributed by atoms with Gasteiger partial charge < -0.3 is 18.9 Å². The number of hydrogen-bond acceptors (Lipinski definition) is 5. The summed E-state index contributed by atoms with van der Waals surface area (Å²) in [5, 5.41) is 0. The lowest BCUT2D eigenvalue weighted by Gasteiger charge is -2.21. The van der Waals surface area contributed by atoms with Crippen LogP contribution in [0.4, 0.5) is 0 Å². The standard InChI is InChI=1S/C15H19BrO5/c1-7-8(2)15(17)21-12(7)9-6-10(18-3)13(19-4)14(20-5)11(9)16/h6-8,12H,1-5H3/t7-,8-,12-/m0/s1. The second-order valence-corrected chi connectivity index (χ2v) is 5.85. The molecule has 21 heavy (non-hydrogen) atoms. The predicted octanol–water partition coefficient (Wildman–Crippen LogP) is 3.35. The minimum atomic E-state index is -0.337. The van der Waals surface area contributed by atoms with Crippen LogP contribution in [-0.4, -0.2) is 27.3 Å². The molecule has 0 aromatic heterocycles. The van der Waals surface area contributed by atoms with Crippen molar-refractivity contribution in [3.8, 4) is 17.2 Å². The summed E-state index contributed by atoms with van der Waals surface area (Å²) in [6.07, 6.45) is -0.337. The van der Waals surface area contributed by atoms with Crippen molar-refractivity contribution in [2.75, 3.05) is 21.3 Å². The number of esters is 1. The van der Waals surface area contributed by atoms with Gasteiger partial charge in [-0.1, -0.05) is 13.8 Å². The Balaban J connectivity index is 2.57. The molecule has 1 heterocycles. The van der Waals surface area contributed by atoms with Crippen LogP contribution >= 0.6 is 15.9 Å². The molecule has 0 radical (unpaired) electrons. The van der Waals surface area contributed by atoms with Crippen LogP contribution in [0.1, 0.15) is 25.5 Å². The van der Waals surface area contributed by atoms with E-state index in [1.54, 1.807) is 21.3 Å². The molecule has 0 spiro atoms. The van der Waals surface area contributed by atoms with Crippen molar-refractivity contribution in [2.24, 2.45) is 11.8 Å². The van der Waals surface area contributed by atoms with Crippen molar-refractivity contribution in [1.29, 1.82) is 0 Å². The van der Waals surface area contributed by atoms with Gasteiger partial charge in [-0.25, -0.2) is 0 Å². The number of hydrogen-bond donors (Lipinski definition) is 0. The number of carbonyl (C=O) groups is 1. The molecule has 5 nitrogen and oxygen atoms in total. The van der Waals surface area contributed by atoms with Crippen LogP contribution in [0.25, 0.3) is 0 Å². The van der Waals surface area contributed by atoms with Crippen LogP contribution in [0.5, 0.6) is 17.2 Å². The quantitative estimate of drug-likeness (QED) is 0.772. The van der Waals surface area contributed by atoms with Crippen molar-refractivity contribution in [3.05, 3.63) is 16.1 Å². The van der Waals surface area contributed by atoms with Crippen molar-refractivity contribution in [3.63, 3.8) is 0 Å². The van der Waals surface area contributed by atoms with Crippen molar-refractivity contribution in [2.45, 2.75) is 20.0 Å². The highest BCUT2D eigenvalue weighted by atomic mass is 79.9. The Morgan fingerprint density at radius 2 is 1.71 bits per heavy atom. The fraction of sp³-hybridized carbons (Fsp3) is 0.533. The first-order chi connectivity index (χ1) is 9.96. The van der Waals surface area contributed by atoms with Gasteiger partial charge in [0.1, 0.15) is 6.10 Å². The predicted molar refractivity (Wildman–Crippen MR) is 81.0 cm³/mol. The van der Waals surface area contributed by atoms with Gasteiger partial charge in [0.25, 0.3) is 0 Å². The molecule has 1 aliphatic heterocycles. The van der Waals surface area contributed by atoms with E-state index in [2.05, 4.69) is 15.9 Å². The molecule has 1 aliphatic rings. The van der Waals surface area contributed by atoms with E-state index in [4.69, 9.17) is 18.9 Å². The van der Waals surface area contributed by atoms with E-state index in [0.29, 0.717) is 21.7 Å². The molecule has 2 rings (SSSR count). The molecule has 0 aliphatic carbocycles. The van der Waals surface area contributed by atoms with Gasteiger partial charge in [-0.05, 0) is 22.0 Å². The Morgan fingerprint density at radius 1 is 1.10 bits per heavy atom. The highest BCUT2D eigenvalue weighted by Crippen LogP contribution is 2.50. The molecular weight excluding hydrogens is 340 g/mol. The molecule has 0 bridgehead atoms. The Kier molecular flexibility index (Phi) is 4.66. The molecule has 1 aromatic rings. The zero-order valence-corrected chi connectivity index (χ0v) is 14.3. The lowest BCUT2D eigenvalue weighted by molar-refractivity contribution is -0.144. The highest BCUT2D eigenvalue weighted by molar-refractivity contribution is 9.10. The van der Waals surface area contributed by atoms with Crippen molar-refractivity contribution in [1.82, 2.24) is 0 Å². The second kappa shape index (κ2) is 6.13. The Bertz CT molecular complexity index is 557. The maximum Gasteiger partial charge on any atom is 0.309 e. The zero-order chi connectivity index (χ0) is 15.7. The van der Waals surface area contributed by atoms with Gasteiger partial charge in [-0.15, -0.1) is 0 Å². The molecule has 1 aromatic carbocycles. The maximum absolute atomic E-state index is 11.8. The molecule has 0 unspecified atom stereocenters. The van der Waals surface area contributed by atoms with Gasteiger partial charge in [-0.2, -0.15) is 0 Å². The molecule has 1 saturated heterocycles. The molecule has 1 fully saturated rings.